The number of rotatable bonds is 8. The van der Waals surface area contributed by atoms with E-state index >= 15 is 0 Å². The second-order valence-corrected chi connectivity index (χ2v) is 7.21. The molecule has 0 bridgehead atoms. The Morgan fingerprint density at radius 1 is 0.821 bits per heavy atom. The first kappa shape index (κ1) is 19.9. The van der Waals surface area contributed by atoms with Crippen LogP contribution in [0.5, 0.6) is 0 Å². The van der Waals surface area contributed by atoms with Gasteiger partial charge in [0.05, 0.1) is 13.1 Å². The minimum absolute atomic E-state index is 0.0310. The fraction of sp³-hybridized carbons (Fsp3) is 0.500. The van der Waals surface area contributed by atoms with Gasteiger partial charge in [-0.15, -0.1) is 0 Å². The van der Waals surface area contributed by atoms with Crippen molar-refractivity contribution < 1.29 is 19.2 Å². The molecule has 0 radical (unpaired) electrons. The number of hydrogen-bond acceptors (Lipinski definition) is 4. The Morgan fingerprint density at radius 2 is 1.29 bits per heavy atom. The maximum Gasteiger partial charge on any atom is 0.239 e. The minimum Gasteiger partial charge on any atom is -0.350 e. The van der Waals surface area contributed by atoms with Gasteiger partial charge in [-0.3, -0.25) is 19.2 Å². The van der Waals surface area contributed by atoms with E-state index in [0.717, 1.165) is 24.0 Å². The minimum atomic E-state index is -0.177. The molecule has 3 rings (SSSR count). The molecule has 150 valence electrons. The van der Waals surface area contributed by atoms with Crippen LogP contribution in [0.15, 0.2) is 24.3 Å². The Kier molecular flexibility index (Phi) is 6.62. The molecule has 2 heterocycles. The van der Waals surface area contributed by atoms with E-state index in [1.54, 1.807) is 9.80 Å². The molecular formula is C20H26N4O4. The van der Waals surface area contributed by atoms with Crippen LogP contribution in [-0.2, 0) is 32.3 Å². The molecule has 1 aromatic rings. The Bertz CT molecular complexity index is 705. The highest BCUT2D eigenvalue weighted by atomic mass is 16.2. The van der Waals surface area contributed by atoms with E-state index < -0.39 is 0 Å². The zero-order chi connectivity index (χ0) is 19.9. The zero-order valence-electron chi connectivity index (χ0n) is 15.9. The van der Waals surface area contributed by atoms with Crippen molar-refractivity contribution in [2.75, 3.05) is 26.2 Å². The molecule has 0 atom stereocenters. The smallest absolute Gasteiger partial charge is 0.239 e. The lowest BCUT2D eigenvalue weighted by Gasteiger charge is -2.16. The third kappa shape index (κ3) is 5.55. The summed E-state index contributed by atoms with van der Waals surface area (Å²) in [5.41, 5.74) is 1.84. The number of carbonyl (C=O) groups excluding carboxylic acids is 4. The summed E-state index contributed by atoms with van der Waals surface area (Å²) in [5.74, 6) is -0.291. The summed E-state index contributed by atoms with van der Waals surface area (Å²) >= 11 is 0. The van der Waals surface area contributed by atoms with Crippen molar-refractivity contribution in [1.82, 2.24) is 20.4 Å². The van der Waals surface area contributed by atoms with Gasteiger partial charge in [-0.25, -0.2) is 0 Å². The Morgan fingerprint density at radius 3 is 1.68 bits per heavy atom. The summed E-state index contributed by atoms with van der Waals surface area (Å²) < 4.78 is 0. The van der Waals surface area contributed by atoms with E-state index in [1.807, 2.05) is 24.3 Å². The van der Waals surface area contributed by atoms with Crippen molar-refractivity contribution in [3.05, 3.63) is 35.4 Å². The van der Waals surface area contributed by atoms with Crippen molar-refractivity contribution >= 4 is 23.6 Å². The fourth-order valence-corrected chi connectivity index (χ4v) is 3.45. The van der Waals surface area contributed by atoms with Gasteiger partial charge in [0.1, 0.15) is 0 Å². The Hall–Kier alpha value is -2.90. The van der Waals surface area contributed by atoms with Gasteiger partial charge in [0.25, 0.3) is 0 Å². The van der Waals surface area contributed by atoms with Crippen molar-refractivity contribution in [1.29, 1.82) is 0 Å². The number of amides is 4. The molecule has 8 heteroatoms. The van der Waals surface area contributed by atoms with Crippen molar-refractivity contribution in [2.24, 2.45) is 0 Å². The quantitative estimate of drug-likeness (QED) is 0.665. The van der Waals surface area contributed by atoms with Gasteiger partial charge in [-0.05, 0) is 24.0 Å². The first-order chi connectivity index (χ1) is 13.5. The third-order valence-electron chi connectivity index (χ3n) is 4.98. The summed E-state index contributed by atoms with van der Waals surface area (Å²) in [5, 5.41) is 5.65. The van der Waals surface area contributed by atoms with E-state index in [9.17, 15) is 19.2 Å². The molecule has 2 aliphatic heterocycles. The molecule has 0 unspecified atom stereocenters. The average molecular weight is 386 g/mol. The highest BCUT2D eigenvalue weighted by Crippen LogP contribution is 2.10. The number of nitrogens with one attached hydrogen (secondary N) is 2. The summed E-state index contributed by atoms with van der Waals surface area (Å²) in [6.45, 7) is 2.22. The standard InChI is InChI=1S/C20H26N4O4/c25-17(13-23-8-2-6-19(23)27)21-11-15-4-1-5-16(10-15)12-22-18(26)14-24-9-3-7-20(24)28/h1,4-5,10H,2-3,6-9,11-14H2,(H,21,25)(H,22,26). The van der Waals surface area contributed by atoms with Gasteiger partial charge in [0.15, 0.2) is 0 Å². The Balaban J connectivity index is 1.41. The summed E-state index contributed by atoms with van der Waals surface area (Å²) in [6.07, 6.45) is 2.66. The Labute approximate surface area is 164 Å². The number of hydrogen-bond donors (Lipinski definition) is 2. The molecule has 2 saturated heterocycles. The van der Waals surface area contributed by atoms with Crippen LogP contribution in [0.2, 0.25) is 0 Å². The van der Waals surface area contributed by atoms with E-state index in [2.05, 4.69) is 10.6 Å². The van der Waals surface area contributed by atoms with Gasteiger partial charge in [-0.2, -0.15) is 0 Å². The third-order valence-corrected chi connectivity index (χ3v) is 4.98. The normalized spacial score (nSPS) is 16.6. The predicted octanol–water partition coefficient (Wildman–Crippen LogP) is 0.164. The average Bonchev–Trinajstić information content (AvgIpc) is 3.27. The molecule has 2 aliphatic rings. The lowest BCUT2D eigenvalue weighted by molar-refractivity contribution is -0.133. The van der Waals surface area contributed by atoms with Crippen LogP contribution in [-0.4, -0.2) is 59.6 Å². The number of nitrogens with zero attached hydrogens (tertiary/aromatic N) is 2. The van der Waals surface area contributed by atoms with Crippen molar-refractivity contribution in [3.63, 3.8) is 0 Å². The van der Waals surface area contributed by atoms with E-state index in [0.29, 0.717) is 39.0 Å². The van der Waals surface area contributed by atoms with Gasteiger partial charge >= 0.3 is 0 Å². The van der Waals surface area contributed by atoms with Crippen molar-refractivity contribution in [2.45, 2.75) is 38.8 Å². The maximum absolute atomic E-state index is 12.0. The lowest BCUT2D eigenvalue weighted by Crippen LogP contribution is -2.37. The van der Waals surface area contributed by atoms with Crippen molar-refractivity contribution in [3.8, 4) is 0 Å². The first-order valence-corrected chi connectivity index (χ1v) is 9.68. The zero-order valence-corrected chi connectivity index (χ0v) is 15.9. The molecule has 2 fully saturated rings. The SMILES string of the molecule is O=C(CN1CCCC1=O)NCc1cccc(CNC(=O)CN2CCCC2=O)c1. The van der Waals surface area contributed by atoms with Crippen LogP contribution in [0.4, 0.5) is 0 Å². The van der Waals surface area contributed by atoms with Gasteiger partial charge in [0, 0.05) is 39.0 Å². The molecule has 0 aliphatic carbocycles. The van der Waals surface area contributed by atoms with Crippen LogP contribution in [0, 0.1) is 0 Å². The van der Waals surface area contributed by atoms with Crippen LogP contribution >= 0.6 is 0 Å². The topological polar surface area (TPSA) is 98.8 Å². The number of carbonyl (C=O) groups is 4. The van der Waals surface area contributed by atoms with E-state index in [4.69, 9.17) is 0 Å². The molecule has 0 aromatic heterocycles. The first-order valence-electron chi connectivity index (χ1n) is 9.68. The number of likely N-dealkylation sites (tertiary alicyclic amines) is 2. The monoisotopic (exact) mass is 386 g/mol. The number of benzene rings is 1. The molecule has 2 N–H and O–H groups in total. The summed E-state index contributed by atoms with van der Waals surface area (Å²) in [6, 6.07) is 7.59. The van der Waals surface area contributed by atoms with Crippen LogP contribution < -0.4 is 10.6 Å². The van der Waals surface area contributed by atoms with Crippen LogP contribution in [0.3, 0.4) is 0 Å². The molecule has 8 nitrogen and oxygen atoms in total. The second-order valence-electron chi connectivity index (χ2n) is 7.21. The molecular weight excluding hydrogens is 360 g/mol. The molecule has 0 spiro atoms. The van der Waals surface area contributed by atoms with E-state index in [-0.39, 0.29) is 36.7 Å². The highest BCUT2D eigenvalue weighted by Gasteiger charge is 2.23. The second kappa shape index (κ2) is 9.34. The molecule has 1 aromatic carbocycles. The van der Waals surface area contributed by atoms with Crippen LogP contribution in [0.1, 0.15) is 36.8 Å². The van der Waals surface area contributed by atoms with Gasteiger partial charge < -0.3 is 20.4 Å². The predicted molar refractivity (Wildman–Crippen MR) is 102 cm³/mol. The van der Waals surface area contributed by atoms with Gasteiger partial charge in [-0.1, -0.05) is 24.3 Å². The highest BCUT2D eigenvalue weighted by molar-refractivity contribution is 5.86. The molecule has 0 saturated carbocycles. The van der Waals surface area contributed by atoms with E-state index in [1.165, 1.54) is 0 Å². The summed E-state index contributed by atoms with van der Waals surface area (Å²) in [4.78, 5) is 50.3. The van der Waals surface area contributed by atoms with Crippen LogP contribution in [0.25, 0.3) is 0 Å². The maximum atomic E-state index is 12.0. The fourth-order valence-electron chi connectivity index (χ4n) is 3.45. The van der Waals surface area contributed by atoms with Gasteiger partial charge in [0.2, 0.25) is 23.6 Å². The lowest BCUT2D eigenvalue weighted by atomic mass is 10.1. The molecule has 28 heavy (non-hydrogen) atoms. The largest absolute Gasteiger partial charge is 0.350 e. The summed E-state index contributed by atoms with van der Waals surface area (Å²) in [7, 11) is 0. The molecule has 4 amide bonds.